The van der Waals surface area contributed by atoms with Crippen LogP contribution in [0, 0.1) is 11.8 Å². The van der Waals surface area contributed by atoms with Crippen LogP contribution in [-0.2, 0) is 25.1 Å². The Kier molecular flexibility index (Phi) is 19.9. The largest absolute Gasteiger partial charge is 0.506 e. The highest BCUT2D eigenvalue weighted by atomic mass is 32.2. The van der Waals surface area contributed by atoms with E-state index in [2.05, 4.69) is 117 Å². The van der Waals surface area contributed by atoms with E-state index in [0.29, 0.717) is 34.0 Å². The van der Waals surface area contributed by atoms with Gasteiger partial charge < -0.3 is 19.5 Å². The lowest BCUT2D eigenvalue weighted by Crippen LogP contribution is -2.42. The number of hydrogen-bond acceptors (Lipinski definition) is 9. The number of thioether (sulfide) groups is 2. The summed E-state index contributed by atoms with van der Waals surface area (Å²) in [4.78, 5) is 44.4. The van der Waals surface area contributed by atoms with E-state index < -0.39 is 12.2 Å². The monoisotopic (exact) mass is 976 g/mol. The first-order valence-corrected chi connectivity index (χ1v) is 28.4. The third kappa shape index (κ3) is 12.3. The maximum absolute atomic E-state index is 14.9. The summed E-state index contributed by atoms with van der Waals surface area (Å²) in [5.74, 6) is 4.93. The molecule has 2 aliphatic heterocycles. The number of amides is 2. The van der Waals surface area contributed by atoms with Crippen molar-refractivity contribution in [1.29, 1.82) is 0 Å². The number of carbonyl (C=O) groups is 3. The Morgan fingerprint density at radius 3 is 1.78 bits per heavy atom. The number of nitrogens with zero attached hydrogens (tertiary/aromatic N) is 2. The molecule has 3 N–H and O–H groups in total. The number of Topliss-reactive ketones (excluding diaryl/α,β-unsaturated/α-hetero) is 1. The highest BCUT2D eigenvalue weighted by molar-refractivity contribution is 7.99. The Bertz CT molecular complexity index is 2270. The van der Waals surface area contributed by atoms with Gasteiger partial charge in [-0.15, -0.1) is 0 Å². The van der Waals surface area contributed by atoms with Gasteiger partial charge in [0.25, 0.3) is 0 Å². The second kappa shape index (κ2) is 24.5. The van der Waals surface area contributed by atoms with Crippen LogP contribution < -0.4 is 30.7 Å². The molecule has 12 heteroatoms. The molecule has 0 saturated heterocycles. The van der Waals surface area contributed by atoms with Crippen molar-refractivity contribution in [2.45, 2.75) is 196 Å². The van der Waals surface area contributed by atoms with Crippen LogP contribution >= 0.6 is 23.5 Å². The molecule has 10 nitrogen and oxygen atoms in total. The molecular weight excluding hydrogens is 889 g/mol. The number of ketones is 1. The van der Waals surface area contributed by atoms with E-state index in [4.69, 9.17) is 9.47 Å². The van der Waals surface area contributed by atoms with Crippen molar-refractivity contribution in [1.82, 2.24) is 4.58 Å². The van der Waals surface area contributed by atoms with E-state index in [1.165, 1.54) is 51.4 Å². The molecule has 0 spiro atoms. The summed E-state index contributed by atoms with van der Waals surface area (Å²) in [5.41, 5.74) is 3.91. The summed E-state index contributed by atoms with van der Waals surface area (Å²) in [6.07, 6.45) is 10.1. The van der Waals surface area contributed by atoms with Crippen LogP contribution in [0.2, 0.25) is 0 Å². The maximum Gasteiger partial charge on any atom is 0.411 e. The van der Waals surface area contributed by atoms with E-state index in [-0.39, 0.29) is 70.9 Å². The average Bonchev–Trinajstić information content (AvgIpc) is 3.60. The number of fused-ring (bicyclic) bond motifs is 2. The van der Waals surface area contributed by atoms with E-state index in [0.717, 1.165) is 58.0 Å². The quantitative estimate of drug-likeness (QED) is 0.0660. The van der Waals surface area contributed by atoms with Gasteiger partial charge in [0.2, 0.25) is 11.1 Å². The highest BCUT2D eigenvalue weighted by Crippen LogP contribution is 2.51. The van der Waals surface area contributed by atoms with Gasteiger partial charge in [0.1, 0.15) is 11.8 Å². The van der Waals surface area contributed by atoms with Gasteiger partial charge in [0, 0.05) is 45.6 Å². The second-order valence-electron chi connectivity index (χ2n) is 21.3. The Labute approximate surface area is 418 Å². The van der Waals surface area contributed by atoms with Crippen molar-refractivity contribution in [3.05, 3.63) is 57.3 Å². The standard InChI is InChI=1S/C56H86N4O6S2/c1-15-19-23-39(17-3)33-67-27-21-25-65-53(63)57-45-31-47-43(55(11,12)37(9)59(47)35(5)6)29-41(45)49-51(61)50(52(49)62)42-30-44-48(60(36(7)8)38(10)56(44,13)14)32-46(42)58-54(64)66-26-22-28-68-34-40(18-4)24-20-16-2/h29-32,35-40H,15-28,33-34H2,1-14H3,(H2,57,58,61,62,63,64)/p+1. The van der Waals surface area contributed by atoms with Crippen molar-refractivity contribution in [2.75, 3.05) is 51.8 Å². The minimum absolute atomic E-state index is 0.123. The smallest absolute Gasteiger partial charge is 0.411 e. The van der Waals surface area contributed by atoms with Crippen LogP contribution in [0.1, 0.15) is 178 Å². The van der Waals surface area contributed by atoms with E-state index in [1.807, 2.05) is 47.8 Å². The van der Waals surface area contributed by atoms with Gasteiger partial charge in [-0.05, 0) is 140 Å². The Morgan fingerprint density at radius 2 is 1.29 bits per heavy atom. The number of carbonyl (C=O) groups excluding carboxylic acids is 3. The van der Waals surface area contributed by atoms with Crippen LogP contribution in [0.15, 0.2) is 30.0 Å². The summed E-state index contributed by atoms with van der Waals surface area (Å²) in [5, 5.41) is 19.7. The van der Waals surface area contributed by atoms with Crippen molar-refractivity contribution < 1.29 is 29.0 Å². The highest BCUT2D eigenvalue weighted by Gasteiger charge is 2.48. The minimum Gasteiger partial charge on any atom is -0.506 e. The molecule has 5 rings (SSSR count). The van der Waals surface area contributed by atoms with Crippen molar-refractivity contribution in [2.24, 2.45) is 11.8 Å². The van der Waals surface area contributed by atoms with Gasteiger partial charge in [-0.2, -0.15) is 23.5 Å². The molecule has 2 amide bonds. The van der Waals surface area contributed by atoms with Gasteiger partial charge in [0.05, 0.1) is 41.1 Å². The Balaban J connectivity index is 1.49. The molecule has 2 aromatic rings. The third-order valence-corrected chi connectivity index (χ3v) is 17.9. The van der Waals surface area contributed by atoms with Gasteiger partial charge in [-0.1, -0.05) is 80.1 Å². The molecule has 0 saturated carbocycles. The first-order chi connectivity index (χ1) is 32.3. The molecule has 4 atom stereocenters. The Morgan fingerprint density at radius 1 is 0.750 bits per heavy atom. The zero-order valence-electron chi connectivity index (χ0n) is 44.3. The van der Waals surface area contributed by atoms with Crippen LogP contribution in [0.5, 0.6) is 0 Å². The lowest BCUT2D eigenvalue weighted by molar-refractivity contribution is -0.109. The number of unbranched alkanes of at least 4 members (excludes halogenated alkanes) is 2. The molecule has 68 heavy (non-hydrogen) atoms. The van der Waals surface area contributed by atoms with Crippen LogP contribution in [0.4, 0.5) is 26.7 Å². The number of aliphatic hydroxyl groups is 1. The molecule has 1 aliphatic carbocycles. The first-order valence-electron chi connectivity index (χ1n) is 26.1. The predicted molar refractivity (Wildman–Crippen MR) is 289 cm³/mol. The average molecular weight is 976 g/mol. The predicted octanol–water partition coefficient (Wildman–Crippen LogP) is 12.6. The van der Waals surface area contributed by atoms with Crippen LogP contribution in [0.25, 0.3) is 11.1 Å². The summed E-state index contributed by atoms with van der Waals surface area (Å²) < 4.78 is 13.9. The van der Waals surface area contributed by atoms with Crippen molar-refractivity contribution in [3.8, 4) is 0 Å². The van der Waals surface area contributed by atoms with Crippen LogP contribution in [-0.4, -0.2) is 83.5 Å². The van der Waals surface area contributed by atoms with Crippen molar-refractivity contribution >= 4 is 69.7 Å². The second-order valence-corrected chi connectivity index (χ2v) is 23.6. The summed E-state index contributed by atoms with van der Waals surface area (Å²) >= 11 is 3.84. The lowest BCUT2D eigenvalue weighted by atomic mass is 9.76. The molecule has 0 fully saturated rings. The normalized spacial score (nSPS) is 19.9. The number of hydrogen-bond donors (Lipinski definition) is 3. The number of allylic oxidation sites excluding steroid dienone is 2. The van der Waals surface area contributed by atoms with E-state index in [9.17, 15) is 19.5 Å². The fraction of sp³-hybridized carbons (Fsp3) is 0.679. The molecule has 2 aromatic carbocycles. The fourth-order valence-corrected chi connectivity index (χ4v) is 12.9. The minimum atomic E-state index is -0.603. The third-order valence-electron chi connectivity index (χ3n) is 15.3. The number of anilines is 3. The first kappa shape index (κ1) is 55.3. The SMILES string of the molecule is CCCCC(CC)CSCCCOC(=O)Nc1cc2c(cc1C1=C(O)/C(=c3/cc4c(cc3NC(=O)OCCCSCC(CC)CCCC)=[N+](C(C)C)C(C)C4(C)C)C1=O)C(C)(C)C(C)N2C(C)C. The van der Waals surface area contributed by atoms with E-state index in [1.54, 1.807) is 0 Å². The Hall–Kier alpha value is -3.64. The lowest BCUT2D eigenvalue weighted by Gasteiger charge is -2.34. The molecule has 4 unspecified atom stereocenters. The zero-order chi connectivity index (χ0) is 50.1. The van der Waals surface area contributed by atoms with Gasteiger partial charge in [0.15, 0.2) is 6.04 Å². The molecule has 0 radical (unpaired) electrons. The summed E-state index contributed by atoms with van der Waals surface area (Å²) in [7, 11) is 0. The van der Waals surface area contributed by atoms with Crippen LogP contribution in [0.3, 0.4) is 0 Å². The number of nitrogens with one attached hydrogen (secondary N) is 2. The number of ether oxygens (including phenoxy) is 2. The van der Waals surface area contributed by atoms with Gasteiger partial charge in [-0.25, -0.2) is 14.2 Å². The molecule has 2 heterocycles. The zero-order valence-corrected chi connectivity index (χ0v) is 45.9. The fourth-order valence-electron chi connectivity index (χ4n) is 10.4. The topological polar surface area (TPSA) is 120 Å². The molecule has 378 valence electrons. The summed E-state index contributed by atoms with van der Waals surface area (Å²) in [6, 6.07) is 8.42. The molecule has 0 aromatic heterocycles. The number of aliphatic hydroxyl groups excluding tert-OH is 1. The van der Waals surface area contributed by atoms with Crippen molar-refractivity contribution in [3.63, 3.8) is 0 Å². The number of rotatable bonds is 25. The van der Waals surface area contributed by atoms with E-state index >= 15 is 0 Å². The number of benzene rings is 2. The molecule has 0 bridgehead atoms. The van der Waals surface area contributed by atoms with Gasteiger partial charge in [-0.3, -0.25) is 15.4 Å². The summed E-state index contributed by atoms with van der Waals surface area (Å²) in [6.45, 7) is 31.4. The molecule has 3 aliphatic rings. The molecular formula is C56H87N4O6S2+. The maximum atomic E-state index is 14.9. The van der Waals surface area contributed by atoms with Gasteiger partial charge >= 0.3 is 12.2 Å².